The number of nitriles is 1. The highest BCUT2D eigenvalue weighted by Crippen LogP contribution is 2.38. The molecule has 11 heteroatoms. The summed E-state index contributed by atoms with van der Waals surface area (Å²) in [4.78, 5) is 32.5. The monoisotopic (exact) mass is 537 g/mol. The summed E-state index contributed by atoms with van der Waals surface area (Å²) < 4.78 is 40.4. The molecule has 2 amide bonds. The van der Waals surface area contributed by atoms with Crippen LogP contribution < -0.4 is 4.90 Å². The molecule has 202 valence electrons. The summed E-state index contributed by atoms with van der Waals surface area (Å²) in [5.41, 5.74) is -2.58. The second kappa shape index (κ2) is 11.4. The van der Waals surface area contributed by atoms with Gasteiger partial charge in [0.25, 0.3) is 5.91 Å². The van der Waals surface area contributed by atoms with Crippen molar-refractivity contribution in [1.29, 1.82) is 5.26 Å². The van der Waals surface area contributed by atoms with E-state index in [1.807, 2.05) is 18.7 Å². The van der Waals surface area contributed by atoms with E-state index in [0.29, 0.717) is 6.54 Å². The number of anilines is 1. The molecule has 0 N–H and O–H groups in total. The van der Waals surface area contributed by atoms with Crippen LogP contribution in [0.3, 0.4) is 0 Å². The van der Waals surface area contributed by atoms with Crippen molar-refractivity contribution in [3.63, 3.8) is 0 Å². The minimum absolute atomic E-state index is 0.00647. The van der Waals surface area contributed by atoms with E-state index in [4.69, 9.17) is 17.5 Å². The van der Waals surface area contributed by atoms with Crippen LogP contribution in [-0.4, -0.2) is 76.4 Å². The summed E-state index contributed by atoms with van der Waals surface area (Å²) in [6.07, 6.45) is -2.08. The van der Waals surface area contributed by atoms with E-state index in [-0.39, 0.29) is 22.6 Å². The van der Waals surface area contributed by atoms with Gasteiger partial charge in [-0.3, -0.25) is 19.4 Å². The van der Waals surface area contributed by atoms with Crippen LogP contribution in [0, 0.1) is 17.2 Å². The number of piperazine rings is 1. The van der Waals surface area contributed by atoms with Gasteiger partial charge in [-0.05, 0) is 63.7 Å². The number of carbonyl (C=O) groups is 2. The Bertz CT molecular complexity index is 1070. The van der Waals surface area contributed by atoms with Gasteiger partial charge in [-0.2, -0.15) is 18.4 Å². The number of rotatable bonds is 8. The van der Waals surface area contributed by atoms with Crippen molar-refractivity contribution in [2.45, 2.75) is 58.7 Å². The van der Waals surface area contributed by atoms with Crippen LogP contribution in [-0.2, 0) is 15.8 Å². The smallest absolute Gasteiger partial charge is 0.340 e. The minimum atomic E-state index is -4.72. The molecule has 3 rings (SSSR count). The van der Waals surface area contributed by atoms with Crippen molar-refractivity contribution >= 4 is 34.8 Å². The fourth-order valence-electron chi connectivity index (χ4n) is 4.78. The first-order valence-electron chi connectivity index (χ1n) is 12.6. The lowest BCUT2D eigenvalue weighted by Gasteiger charge is -2.35. The van der Waals surface area contributed by atoms with Crippen LogP contribution in [0.15, 0.2) is 18.2 Å². The molecule has 2 fully saturated rings. The number of halogens is 3. The molecular weight excluding hydrogens is 503 g/mol. The quantitative estimate of drug-likeness (QED) is 0.365. The Morgan fingerprint density at radius 1 is 1.11 bits per heavy atom. The Kier molecular flexibility index (Phi) is 8.85. The van der Waals surface area contributed by atoms with Gasteiger partial charge in [-0.1, -0.05) is 20.3 Å². The predicted octanol–water partition coefficient (Wildman–Crippen LogP) is 4.26. The summed E-state index contributed by atoms with van der Waals surface area (Å²) in [6.45, 7) is 11.9. The molecule has 2 saturated heterocycles. The van der Waals surface area contributed by atoms with Crippen molar-refractivity contribution in [1.82, 2.24) is 14.7 Å². The SMILES string of the molecule is CC(C)C(=O)N1CCN(CCCCCN2C(=S)N(c3ccc(C#N)c(C(F)(F)F)c3)C(=O)C2(C)C)CC1. The van der Waals surface area contributed by atoms with Crippen LogP contribution in [0.1, 0.15) is 58.1 Å². The molecule has 1 aromatic carbocycles. The van der Waals surface area contributed by atoms with Gasteiger partial charge in [0.2, 0.25) is 5.91 Å². The molecule has 2 heterocycles. The van der Waals surface area contributed by atoms with Crippen LogP contribution in [0.4, 0.5) is 18.9 Å². The third-order valence-electron chi connectivity index (χ3n) is 7.04. The van der Waals surface area contributed by atoms with E-state index in [0.717, 1.165) is 69.0 Å². The second-order valence-electron chi connectivity index (χ2n) is 10.4. The zero-order valence-electron chi connectivity index (χ0n) is 21.8. The Labute approximate surface area is 221 Å². The zero-order valence-corrected chi connectivity index (χ0v) is 22.6. The van der Waals surface area contributed by atoms with Crippen molar-refractivity contribution in [3.8, 4) is 6.07 Å². The summed E-state index contributed by atoms with van der Waals surface area (Å²) in [5, 5.41) is 9.23. The van der Waals surface area contributed by atoms with Gasteiger partial charge in [-0.25, -0.2) is 0 Å². The van der Waals surface area contributed by atoms with E-state index in [1.54, 1.807) is 24.8 Å². The lowest BCUT2D eigenvalue weighted by Crippen LogP contribution is -2.49. The molecule has 0 unspecified atom stereocenters. The molecule has 37 heavy (non-hydrogen) atoms. The summed E-state index contributed by atoms with van der Waals surface area (Å²) in [6, 6.07) is 4.77. The number of thiocarbonyl (C=S) groups is 1. The zero-order chi connectivity index (χ0) is 27.5. The third kappa shape index (κ3) is 6.24. The van der Waals surface area contributed by atoms with E-state index in [2.05, 4.69) is 4.90 Å². The minimum Gasteiger partial charge on any atom is -0.340 e. The highest BCUT2D eigenvalue weighted by molar-refractivity contribution is 7.80. The second-order valence-corrected chi connectivity index (χ2v) is 10.7. The molecule has 2 aliphatic heterocycles. The lowest BCUT2D eigenvalue weighted by molar-refractivity contribution is -0.138. The first kappa shape index (κ1) is 28.9. The van der Waals surface area contributed by atoms with Crippen molar-refractivity contribution < 1.29 is 22.8 Å². The van der Waals surface area contributed by atoms with Crippen LogP contribution in [0.25, 0.3) is 0 Å². The number of alkyl halides is 3. The van der Waals surface area contributed by atoms with Crippen LogP contribution >= 0.6 is 12.2 Å². The molecule has 7 nitrogen and oxygen atoms in total. The third-order valence-corrected chi connectivity index (χ3v) is 7.45. The van der Waals surface area contributed by atoms with Gasteiger partial charge in [-0.15, -0.1) is 0 Å². The van der Waals surface area contributed by atoms with E-state index in [1.165, 1.54) is 6.07 Å². The molecule has 1 aromatic rings. The normalized spacial score (nSPS) is 18.6. The fourth-order valence-corrected chi connectivity index (χ4v) is 5.29. The Morgan fingerprint density at radius 2 is 1.73 bits per heavy atom. The number of hydrogen-bond acceptors (Lipinski definition) is 5. The molecule has 0 radical (unpaired) electrons. The molecule has 0 saturated carbocycles. The van der Waals surface area contributed by atoms with Crippen LogP contribution in [0.2, 0.25) is 0 Å². The topological polar surface area (TPSA) is 70.9 Å². The van der Waals surface area contributed by atoms with Crippen molar-refractivity contribution in [3.05, 3.63) is 29.3 Å². The first-order valence-corrected chi connectivity index (χ1v) is 13.0. The van der Waals surface area contributed by atoms with Gasteiger partial charge < -0.3 is 9.80 Å². The Balaban J connectivity index is 1.55. The molecule has 0 atom stereocenters. The number of benzene rings is 1. The lowest BCUT2D eigenvalue weighted by atomic mass is 10.0. The Hall–Kier alpha value is -2.71. The average molecular weight is 538 g/mol. The number of amides is 2. The summed E-state index contributed by atoms with van der Waals surface area (Å²) in [7, 11) is 0. The van der Waals surface area contributed by atoms with E-state index >= 15 is 0 Å². The van der Waals surface area contributed by atoms with Crippen LogP contribution in [0.5, 0.6) is 0 Å². The highest BCUT2D eigenvalue weighted by atomic mass is 32.1. The average Bonchev–Trinajstić information content (AvgIpc) is 3.01. The van der Waals surface area contributed by atoms with E-state index < -0.39 is 28.7 Å². The molecule has 0 bridgehead atoms. The van der Waals surface area contributed by atoms with Gasteiger partial charge in [0.05, 0.1) is 22.9 Å². The van der Waals surface area contributed by atoms with Gasteiger partial charge >= 0.3 is 6.18 Å². The molecule has 2 aliphatic rings. The Morgan fingerprint density at radius 3 is 2.30 bits per heavy atom. The van der Waals surface area contributed by atoms with Crippen molar-refractivity contribution in [2.24, 2.45) is 5.92 Å². The van der Waals surface area contributed by atoms with Crippen molar-refractivity contribution in [2.75, 3.05) is 44.2 Å². The number of carbonyl (C=O) groups excluding carboxylic acids is 2. The maximum Gasteiger partial charge on any atom is 0.417 e. The molecule has 0 aliphatic carbocycles. The summed E-state index contributed by atoms with van der Waals surface area (Å²) in [5.74, 6) is -0.189. The fraction of sp³-hybridized carbons (Fsp3) is 0.615. The standard InChI is InChI=1S/C26H34F3N5O2S/c1-18(2)22(35)32-14-12-31(13-15-32)10-6-5-7-11-33-24(37)34(23(36)25(33,3)4)20-9-8-19(17-30)21(16-20)26(27,28)29/h8-9,16,18H,5-7,10-15H2,1-4H3. The predicted molar refractivity (Wildman–Crippen MR) is 139 cm³/mol. The maximum atomic E-state index is 13.5. The maximum absolute atomic E-state index is 13.5. The highest BCUT2D eigenvalue weighted by Gasteiger charge is 2.49. The molecular formula is C26H34F3N5O2S. The molecule has 0 spiro atoms. The molecule has 0 aromatic heterocycles. The van der Waals surface area contributed by atoms with Gasteiger partial charge in [0, 0.05) is 38.6 Å². The van der Waals surface area contributed by atoms with Gasteiger partial charge in [0.15, 0.2) is 5.11 Å². The number of nitrogens with zero attached hydrogens (tertiary/aromatic N) is 5. The largest absolute Gasteiger partial charge is 0.417 e. The first-order chi connectivity index (χ1) is 17.3. The number of hydrogen-bond donors (Lipinski definition) is 0. The van der Waals surface area contributed by atoms with Gasteiger partial charge in [0.1, 0.15) is 5.54 Å². The number of unbranched alkanes of at least 4 members (excludes halogenated alkanes) is 2. The summed E-state index contributed by atoms with van der Waals surface area (Å²) >= 11 is 5.54. The van der Waals surface area contributed by atoms with E-state index in [9.17, 15) is 22.8 Å².